The Hall–Kier alpha value is -0.700. The minimum Gasteiger partial charge on any atom is -0.242 e. The lowest BCUT2D eigenvalue weighted by molar-refractivity contribution is 0.371. The molecule has 1 rings (SSSR count). The van der Waals surface area contributed by atoms with E-state index in [-0.39, 0.29) is 10.6 Å². The highest BCUT2D eigenvalue weighted by Crippen LogP contribution is 2.27. The summed E-state index contributed by atoms with van der Waals surface area (Å²) in [5.74, 6) is 0. The minimum absolute atomic E-state index is 0.138. The van der Waals surface area contributed by atoms with Crippen molar-refractivity contribution >= 4 is 11.6 Å². The first-order chi connectivity index (χ1) is 6.32. The van der Waals surface area contributed by atoms with E-state index in [0.29, 0.717) is 5.56 Å². The van der Waals surface area contributed by atoms with Gasteiger partial charge in [0.15, 0.2) is 5.15 Å². The number of hydrogen-bond acceptors (Lipinski definition) is 2. The normalized spacial score (nSPS) is 14.1. The maximum absolute atomic E-state index is 13.1. The van der Waals surface area contributed by atoms with Crippen molar-refractivity contribution in [3.05, 3.63) is 22.5 Å². The Labute approximate surface area is 88.5 Å². The molecule has 0 radical (unpaired) electrons. The first-order valence-corrected chi connectivity index (χ1v) is 4.88. The van der Waals surface area contributed by atoms with E-state index >= 15 is 0 Å². The van der Waals surface area contributed by atoms with Crippen molar-refractivity contribution in [3.8, 4) is 0 Å². The molecule has 2 nitrogen and oxygen atoms in total. The van der Waals surface area contributed by atoms with Crippen LogP contribution >= 0.6 is 11.6 Å². The van der Waals surface area contributed by atoms with E-state index in [2.05, 4.69) is 10.2 Å². The molecule has 0 aliphatic heterocycles. The van der Waals surface area contributed by atoms with Gasteiger partial charge in [-0.3, -0.25) is 0 Å². The molecule has 1 atom stereocenters. The molecular weight excluding hydrogens is 203 g/mol. The summed E-state index contributed by atoms with van der Waals surface area (Å²) in [6, 6.07) is 1.68. The van der Waals surface area contributed by atoms with Gasteiger partial charge in [-0.2, -0.15) is 5.10 Å². The van der Waals surface area contributed by atoms with Crippen molar-refractivity contribution in [1.82, 2.24) is 10.2 Å². The van der Waals surface area contributed by atoms with Crippen molar-refractivity contribution in [3.63, 3.8) is 0 Å². The standard InChI is InChI=1S/C10H14ClFN2/c1-6(12)7-5-8(10(2,3)4)13-14-9(7)11/h5-6H,1-4H3. The number of nitrogens with zero attached hydrogens (tertiary/aromatic N) is 2. The van der Waals surface area contributed by atoms with Gasteiger partial charge >= 0.3 is 0 Å². The molecule has 0 amide bonds. The SMILES string of the molecule is CC(F)c1cc(C(C)(C)C)nnc1Cl. The molecule has 0 spiro atoms. The molecule has 0 saturated carbocycles. The highest BCUT2D eigenvalue weighted by atomic mass is 35.5. The summed E-state index contributed by atoms with van der Waals surface area (Å²) in [5, 5.41) is 7.83. The molecule has 1 aromatic heterocycles. The molecule has 0 bridgehead atoms. The number of halogens is 2. The van der Waals surface area contributed by atoms with Crippen LogP contribution in [0, 0.1) is 0 Å². The summed E-state index contributed by atoms with van der Waals surface area (Å²) in [6.45, 7) is 7.43. The third-order valence-corrected chi connectivity index (χ3v) is 2.27. The summed E-state index contributed by atoms with van der Waals surface area (Å²) in [7, 11) is 0. The fourth-order valence-electron chi connectivity index (χ4n) is 1.04. The third kappa shape index (κ3) is 2.41. The Balaban J connectivity index is 3.20. The molecule has 14 heavy (non-hydrogen) atoms. The average Bonchev–Trinajstić information content (AvgIpc) is 2.02. The van der Waals surface area contributed by atoms with Gasteiger partial charge in [0.05, 0.1) is 5.69 Å². The van der Waals surface area contributed by atoms with Crippen LogP contribution in [0.15, 0.2) is 6.07 Å². The van der Waals surface area contributed by atoms with Crippen LogP contribution < -0.4 is 0 Å². The van der Waals surface area contributed by atoms with Gasteiger partial charge in [-0.1, -0.05) is 32.4 Å². The zero-order chi connectivity index (χ0) is 10.9. The molecule has 1 aromatic rings. The van der Waals surface area contributed by atoms with Crippen molar-refractivity contribution < 1.29 is 4.39 Å². The van der Waals surface area contributed by atoms with Crippen LogP contribution in [0.3, 0.4) is 0 Å². The van der Waals surface area contributed by atoms with E-state index in [1.165, 1.54) is 6.92 Å². The first kappa shape index (κ1) is 11.4. The number of alkyl halides is 1. The summed E-state index contributed by atoms with van der Waals surface area (Å²) < 4.78 is 13.1. The summed E-state index contributed by atoms with van der Waals surface area (Å²) >= 11 is 5.73. The predicted molar refractivity (Wildman–Crippen MR) is 55.3 cm³/mol. The van der Waals surface area contributed by atoms with Crippen molar-refractivity contribution in [2.45, 2.75) is 39.3 Å². The van der Waals surface area contributed by atoms with Gasteiger partial charge in [0.1, 0.15) is 6.17 Å². The zero-order valence-electron chi connectivity index (χ0n) is 8.81. The minimum atomic E-state index is -1.11. The van der Waals surface area contributed by atoms with Gasteiger partial charge in [-0.25, -0.2) is 4.39 Å². The molecule has 0 fully saturated rings. The lowest BCUT2D eigenvalue weighted by atomic mass is 9.91. The highest BCUT2D eigenvalue weighted by molar-refractivity contribution is 6.30. The highest BCUT2D eigenvalue weighted by Gasteiger charge is 2.19. The maximum Gasteiger partial charge on any atom is 0.157 e. The topological polar surface area (TPSA) is 25.8 Å². The van der Waals surface area contributed by atoms with Crippen molar-refractivity contribution in [1.29, 1.82) is 0 Å². The Morgan fingerprint density at radius 3 is 2.36 bits per heavy atom. The summed E-state index contributed by atoms with van der Waals surface area (Å²) in [5.41, 5.74) is 1.02. The second kappa shape index (κ2) is 3.81. The quantitative estimate of drug-likeness (QED) is 0.719. The lowest BCUT2D eigenvalue weighted by Gasteiger charge is -2.18. The predicted octanol–water partition coefficient (Wildman–Crippen LogP) is 3.46. The smallest absolute Gasteiger partial charge is 0.157 e. The number of aromatic nitrogens is 2. The van der Waals surface area contributed by atoms with Crippen LogP contribution in [-0.4, -0.2) is 10.2 Å². The zero-order valence-corrected chi connectivity index (χ0v) is 9.56. The maximum atomic E-state index is 13.1. The molecule has 0 aliphatic rings. The number of hydrogen-bond donors (Lipinski definition) is 0. The Morgan fingerprint density at radius 1 is 1.36 bits per heavy atom. The lowest BCUT2D eigenvalue weighted by Crippen LogP contribution is -2.15. The molecule has 0 N–H and O–H groups in total. The van der Waals surface area contributed by atoms with Gasteiger partial charge in [0.25, 0.3) is 0 Å². The largest absolute Gasteiger partial charge is 0.242 e. The van der Waals surface area contributed by atoms with Gasteiger partial charge in [-0.05, 0) is 13.0 Å². The van der Waals surface area contributed by atoms with E-state index in [1.807, 2.05) is 20.8 Å². The van der Waals surface area contributed by atoms with Crippen LogP contribution in [0.4, 0.5) is 4.39 Å². The van der Waals surface area contributed by atoms with E-state index in [4.69, 9.17) is 11.6 Å². The molecule has 1 unspecified atom stereocenters. The van der Waals surface area contributed by atoms with Crippen LogP contribution in [-0.2, 0) is 5.41 Å². The molecule has 0 aliphatic carbocycles. The van der Waals surface area contributed by atoms with Crippen LogP contribution in [0.1, 0.15) is 45.1 Å². The summed E-state index contributed by atoms with van der Waals surface area (Å²) in [6.07, 6.45) is -1.11. The fraction of sp³-hybridized carbons (Fsp3) is 0.600. The third-order valence-electron chi connectivity index (χ3n) is 1.97. The van der Waals surface area contributed by atoms with E-state index in [9.17, 15) is 4.39 Å². The monoisotopic (exact) mass is 216 g/mol. The number of rotatable bonds is 1. The van der Waals surface area contributed by atoms with Gasteiger partial charge in [0, 0.05) is 11.0 Å². The molecule has 0 aromatic carbocycles. The van der Waals surface area contributed by atoms with Gasteiger partial charge < -0.3 is 0 Å². The average molecular weight is 217 g/mol. The molecule has 78 valence electrons. The first-order valence-electron chi connectivity index (χ1n) is 4.50. The van der Waals surface area contributed by atoms with Crippen molar-refractivity contribution in [2.24, 2.45) is 0 Å². The second-order valence-corrected chi connectivity index (χ2v) is 4.70. The second-order valence-electron chi connectivity index (χ2n) is 4.34. The van der Waals surface area contributed by atoms with Crippen LogP contribution in [0.5, 0.6) is 0 Å². The van der Waals surface area contributed by atoms with E-state index in [1.54, 1.807) is 6.07 Å². The Kier molecular flexibility index (Phi) is 3.10. The molecule has 1 heterocycles. The van der Waals surface area contributed by atoms with E-state index in [0.717, 1.165) is 5.69 Å². The Bertz CT molecular complexity index is 331. The van der Waals surface area contributed by atoms with Crippen molar-refractivity contribution in [2.75, 3.05) is 0 Å². The van der Waals surface area contributed by atoms with E-state index < -0.39 is 6.17 Å². The molecule has 0 saturated heterocycles. The van der Waals surface area contributed by atoms with Crippen LogP contribution in [0.25, 0.3) is 0 Å². The molecular formula is C10H14ClFN2. The Morgan fingerprint density at radius 2 is 1.93 bits per heavy atom. The molecule has 4 heteroatoms. The van der Waals surface area contributed by atoms with Gasteiger partial charge in [0.2, 0.25) is 0 Å². The summed E-state index contributed by atoms with van der Waals surface area (Å²) in [4.78, 5) is 0. The van der Waals surface area contributed by atoms with Crippen LogP contribution in [0.2, 0.25) is 5.15 Å². The fourth-order valence-corrected chi connectivity index (χ4v) is 1.28. The van der Waals surface area contributed by atoms with Gasteiger partial charge in [-0.15, -0.1) is 5.10 Å².